The Bertz CT molecular complexity index is 880. The first-order chi connectivity index (χ1) is 11.6. The van der Waals surface area contributed by atoms with Gasteiger partial charge in [-0.2, -0.15) is 10.2 Å². The molecule has 1 saturated carbocycles. The molecule has 0 radical (unpaired) electrons. The van der Waals surface area contributed by atoms with Crippen LogP contribution in [0, 0.1) is 0 Å². The molecule has 24 heavy (non-hydrogen) atoms. The molecule has 3 aromatic heterocycles. The highest BCUT2D eigenvalue weighted by Gasteiger charge is 2.26. The van der Waals surface area contributed by atoms with Gasteiger partial charge in [-0.1, -0.05) is 11.6 Å². The van der Waals surface area contributed by atoms with Gasteiger partial charge in [-0.3, -0.25) is 9.89 Å². The summed E-state index contributed by atoms with van der Waals surface area (Å²) >= 11 is 7.18. The topological polar surface area (TPSA) is 88.5 Å². The minimum absolute atomic E-state index is 0.125. The first-order valence-electron chi connectivity index (χ1n) is 7.62. The largest absolute Gasteiger partial charge is 0.309 e. The van der Waals surface area contributed by atoms with E-state index < -0.39 is 0 Å². The van der Waals surface area contributed by atoms with Gasteiger partial charge in [-0.05, 0) is 19.8 Å². The lowest BCUT2D eigenvalue weighted by Crippen LogP contribution is -2.18. The number of nitrogens with one attached hydrogen (secondary N) is 2. The lowest BCUT2D eigenvalue weighted by Gasteiger charge is -2.08. The van der Waals surface area contributed by atoms with Gasteiger partial charge in [0.05, 0.1) is 12.1 Å². The van der Waals surface area contributed by atoms with Crippen LogP contribution in [0.2, 0.25) is 4.47 Å². The van der Waals surface area contributed by atoms with Crippen LogP contribution in [0.4, 0.5) is 5.82 Å². The van der Waals surface area contributed by atoms with E-state index in [0.717, 1.165) is 11.3 Å². The molecule has 2 N–H and O–H groups in total. The minimum atomic E-state index is -0.353. The van der Waals surface area contributed by atoms with E-state index in [1.54, 1.807) is 17.1 Å². The Hall–Kier alpha value is -2.19. The summed E-state index contributed by atoms with van der Waals surface area (Å²) in [4.78, 5) is 16.6. The molecule has 0 bridgehead atoms. The van der Waals surface area contributed by atoms with E-state index in [4.69, 9.17) is 11.6 Å². The van der Waals surface area contributed by atoms with Crippen molar-refractivity contribution in [1.82, 2.24) is 25.0 Å². The number of halogens is 1. The first kappa shape index (κ1) is 15.3. The molecule has 1 aliphatic rings. The van der Waals surface area contributed by atoms with Gasteiger partial charge in [-0.25, -0.2) is 9.67 Å². The Kier molecular flexibility index (Phi) is 3.85. The summed E-state index contributed by atoms with van der Waals surface area (Å²) in [6.07, 6.45) is 5.82. The van der Waals surface area contributed by atoms with Crippen LogP contribution in [0.15, 0.2) is 23.8 Å². The smallest absolute Gasteiger partial charge is 0.232 e. The molecule has 3 heterocycles. The Morgan fingerprint density at radius 2 is 2.38 bits per heavy atom. The summed E-state index contributed by atoms with van der Waals surface area (Å²) in [5, 5.41) is 16.0. The normalized spacial score (nSPS) is 15.4. The SMILES string of the molecule is C[C@H](C(=O)Nc1cc(C2CC2)[nH]n1)c1cnn(-c2csc(Cl)n2)c1. The molecule has 0 unspecified atom stereocenters. The molecule has 1 atom stereocenters. The molecule has 7 nitrogen and oxygen atoms in total. The number of hydrogen-bond acceptors (Lipinski definition) is 5. The van der Waals surface area contributed by atoms with Gasteiger partial charge in [0, 0.05) is 34.8 Å². The van der Waals surface area contributed by atoms with Crippen LogP contribution < -0.4 is 5.32 Å². The maximum atomic E-state index is 12.4. The molecule has 0 aliphatic heterocycles. The second-order valence-electron chi connectivity index (χ2n) is 5.87. The van der Waals surface area contributed by atoms with Crippen LogP contribution in [-0.4, -0.2) is 30.9 Å². The van der Waals surface area contributed by atoms with Gasteiger partial charge in [-0.15, -0.1) is 11.3 Å². The summed E-state index contributed by atoms with van der Waals surface area (Å²) in [5.74, 6) is 1.30. The van der Waals surface area contributed by atoms with Crippen molar-refractivity contribution in [2.75, 3.05) is 5.32 Å². The van der Waals surface area contributed by atoms with Gasteiger partial charge in [0.1, 0.15) is 0 Å². The van der Waals surface area contributed by atoms with Gasteiger partial charge in [0.25, 0.3) is 0 Å². The van der Waals surface area contributed by atoms with Crippen molar-refractivity contribution in [3.05, 3.63) is 39.6 Å². The van der Waals surface area contributed by atoms with Crippen molar-refractivity contribution in [3.63, 3.8) is 0 Å². The number of aromatic amines is 1. The molecule has 4 rings (SSSR count). The molecule has 1 amide bonds. The number of anilines is 1. The van der Waals surface area contributed by atoms with Crippen LogP contribution in [0.5, 0.6) is 0 Å². The number of nitrogens with zero attached hydrogens (tertiary/aromatic N) is 4. The molecule has 1 aliphatic carbocycles. The highest BCUT2D eigenvalue weighted by molar-refractivity contribution is 7.14. The van der Waals surface area contributed by atoms with Crippen molar-refractivity contribution in [3.8, 4) is 5.82 Å². The maximum Gasteiger partial charge on any atom is 0.232 e. The Labute approximate surface area is 147 Å². The van der Waals surface area contributed by atoms with Gasteiger partial charge in [0.2, 0.25) is 5.91 Å². The summed E-state index contributed by atoms with van der Waals surface area (Å²) < 4.78 is 2.07. The number of thiazole rings is 1. The number of aromatic nitrogens is 5. The Morgan fingerprint density at radius 3 is 3.08 bits per heavy atom. The second-order valence-corrected chi connectivity index (χ2v) is 7.31. The number of hydrogen-bond donors (Lipinski definition) is 2. The molecule has 9 heteroatoms. The van der Waals surface area contributed by atoms with E-state index in [1.165, 1.54) is 24.2 Å². The highest BCUT2D eigenvalue weighted by atomic mass is 35.5. The number of H-pyrrole nitrogens is 1. The average molecular weight is 363 g/mol. The fraction of sp³-hybridized carbons (Fsp3) is 0.333. The monoisotopic (exact) mass is 362 g/mol. The third-order valence-corrected chi connectivity index (χ3v) is 5.03. The standard InChI is InChI=1S/C15H15ClN6OS/c1-8(10-5-17-22(6-10)13-7-24-15(16)19-13)14(23)18-12-4-11(20-21-12)9-2-3-9/h4-9H,2-3H2,1H3,(H2,18,20,21,23)/t8-/m0/s1. The Morgan fingerprint density at radius 1 is 1.54 bits per heavy atom. The second kappa shape index (κ2) is 6.03. The van der Waals surface area contributed by atoms with E-state index in [0.29, 0.717) is 22.0 Å². The summed E-state index contributed by atoms with van der Waals surface area (Å²) in [5.41, 5.74) is 1.89. The van der Waals surface area contributed by atoms with Crippen molar-refractivity contribution in [2.24, 2.45) is 0 Å². The fourth-order valence-electron chi connectivity index (χ4n) is 2.42. The zero-order valence-electron chi connectivity index (χ0n) is 12.9. The zero-order valence-corrected chi connectivity index (χ0v) is 14.4. The third-order valence-electron chi connectivity index (χ3n) is 4.06. The summed E-state index contributed by atoms with van der Waals surface area (Å²) in [6.45, 7) is 1.83. The lowest BCUT2D eigenvalue weighted by molar-refractivity contribution is -0.117. The number of carbonyl (C=O) groups is 1. The van der Waals surface area contributed by atoms with Gasteiger partial charge in [0.15, 0.2) is 16.1 Å². The van der Waals surface area contributed by atoms with E-state index >= 15 is 0 Å². The van der Waals surface area contributed by atoms with Gasteiger partial charge >= 0.3 is 0 Å². The maximum absolute atomic E-state index is 12.4. The quantitative estimate of drug-likeness (QED) is 0.728. The number of amides is 1. The molecule has 0 aromatic carbocycles. The Balaban J connectivity index is 1.45. The fourth-order valence-corrected chi connectivity index (χ4v) is 3.15. The van der Waals surface area contributed by atoms with Crippen molar-refractivity contribution >= 4 is 34.7 Å². The number of rotatable bonds is 5. The van der Waals surface area contributed by atoms with Crippen molar-refractivity contribution in [1.29, 1.82) is 0 Å². The van der Waals surface area contributed by atoms with Gasteiger partial charge < -0.3 is 5.32 Å². The van der Waals surface area contributed by atoms with Crippen LogP contribution in [0.1, 0.15) is 42.9 Å². The van der Waals surface area contributed by atoms with E-state index in [2.05, 4.69) is 25.6 Å². The molecule has 0 spiro atoms. The molecule has 0 saturated heterocycles. The van der Waals surface area contributed by atoms with Crippen LogP contribution in [-0.2, 0) is 4.79 Å². The predicted octanol–water partition coefficient (Wildman–Crippen LogP) is 3.32. The predicted molar refractivity (Wildman–Crippen MR) is 91.9 cm³/mol. The molecular weight excluding hydrogens is 348 g/mol. The van der Waals surface area contributed by atoms with Crippen molar-refractivity contribution in [2.45, 2.75) is 31.6 Å². The zero-order chi connectivity index (χ0) is 16.7. The highest BCUT2D eigenvalue weighted by Crippen LogP contribution is 2.39. The van der Waals surface area contributed by atoms with Crippen LogP contribution in [0.25, 0.3) is 5.82 Å². The molecular formula is C15H15ClN6OS. The van der Waals surface area contributed by atoms with Crippen molar-refractivity contribution < 1.29 is 4.79 Å². The van der Waals surface area contributed by atoms with E-state index in [-0.39, 0.29) is 11.8 Å². The summed E-state index contributed by atoms with van der Waals surface area (Å²) in [6, 6.07) is 1.91. The van der Waals surface area contributed by atoms with E-state index in [9.17, 15) is 4.79 Å². The first-order valence-corrected chi connectivity index (χ1v) is 8.88. The molecule has 1 fully saturated rings. The number of carbonyl (C=O) groups excluding carboxylic acids is 1. The van der Waals surface area contributed by atoms with E-state index in [1.807, 2.05) is 18.4 Å². The summed E-state index contributed by atoms with van der Waals surface area (Å²) in [7, 11) is 0. The minimum Gasteiger partial charge on any atom is -0.309 e. The molecule has 124 valence electrons. The average Bonchev–Trinajstić information content (AvgIpc) is 2.98. The molecule has 3 aromatic rings. The lowest BCUT2D eigenvalue weighted by atomic mass is 10.0. The third kappa shape index (κ3) is 3.07. The van der Waals surface area contributed by atoms with Crippen LogP contribution >= 0.6 is 22.9 Å². The van der Waals surface area contributed by atoms with Crippen LogP contribution in [0.3, 0.4) is 0 Å².